The summed E-state index contributed by atoms with van der Waals surface area (Å²) in [6.07, 6.45) is -4.46. The first-order valence-corrected chi connectivity index (χ1v) is 3.52. The van der Waals surface area contributed by atoms with Crippen LogP contribution in [0, 0.1) is 5.92 Å². The lowest BCUT2D eigenvalue weighted by Crippen LogP contribution is -2.37. The molecule has 76 valence electrons. The smallest absolute Gasteiger partial charge is 0.330 e. The lowest BCUT2D eigenvalue weighted by Gasteiger charge is -2.20. The maximum atomic E-state index is 12.1. The van der Waals surface area contributed by atoms with Crippen molar-refractivity contribution in [3.8, 4) is 0 Å². The fraction of sp³-hybridized carbons (Fsp3) is 0.571. The van der Waals surface area contributed by atoms with Crippen molar-refractivity contribution in [1.29, 1.82) is 0 Å². The van der Waals surface area contributed by atoms with Crippen molar-refractivity contribution < 1.29 is 18.0 Å². The molecule has 0 fully saturated rings. The average molecular weight is 196 g/mol. The van der Waals surface area contributed by atoms with Gasteiger partial charge in [0.2, 0.25) is 5.91 Å². The van der Waals surface area contributed by atoms with Crippen LogP contribution in [-0.2, 0) is 4.79 Å². The number of hydrogen-bond donors (Lipinski definition) is 2. The Morgan fingerprint density at radius 3 is 2.31 bits per heavy atom. The van der Waals surface area contributed by atoms with E-state index >= 15 is 0 Å². The minimum atomic E-state index is -4.46. The van der Waals surface area contributed by atoms with Crippen molar-refractivity contribution in [3.63, 3.8) is 0 Å². The second-order valence-electron chi connectivity index (χ2n) is 2.54. The number of hydrogen-bond acceptors (Lipinski definition) is 2. The van der Waals surface area contributed by atoms with Crippen LogP contribution in [0.5, 0.6) is 0 Å². The molecule has 3 nitrogen and oxygen atoms in total. The third kappa shape index (κ3) is 3.93. The van der Waals surface area contributed by atoms with Crippen molar-refractivity contribution in [3.05, 3.63) is 12.3 Å². The standard InChI is InChI=1S/C7H11F3N2O/c1-4(12-5(2)13)6(3-11)7(8,9)10/h6H,1,3,11H2,2H3,(H,12,13). The highest BCUT2D eigenvalue weighted by Crippen LogP contribution is 2.29. The molecule has 0 saturated carbocycles. The monoisotopic (exact) mass is 196 g/mol. The van der Waals surface area contributed by atoms with Crippen LogP contribution in [0.4, 0.5) is 13.2 Å². The fourth-order valence-electron chi connectivity index (χ4n) is 0.787. The summed E-state index contributed by atoms with van der Waals surface area (Å²) >= 11 is 0. The molecule has 0 radical (unpaired) electrons. The van der Waals surface area contributed by atoms with Crippen molar-refractivity contribution in [2.24, 2.45) is 11.7 Å². The van der Waals surface area contributed by atoms with E-state index in [0.717, 1.165) is 6.92 Å². The van der Waals surface area contributed by atoms with Gasteiger partial charge in [0, 0.05) is 19.2 Å². The number of alkyl halides is 3. The van der Waals surface area contributed by atoms with E-state index in [1.165, 1.54) is 0 Å². The number of rotatable bonds is 3. The molecule has 13 heavy (non-hydrogen) atoms. The minimum absolute atomic E-state index is 0.414. The Morgan fingerprint density at radius 1 is 1.62 bits per heavy atom. The van der Waals surface area contributed by atoms with Crippen molar-refractivity contribution >= 4 is 5.91 Å². The molecule has 0 aromatic rings. The van der Waals surface area contributed by atoms with Gasteiger partial charge in [-0.1, -0.05) is 6.58 Å². The summed E-state index contributed by atoms with van der Waals surface area (Å²) in [6.45, 7) is 3.58. The topological polar surface area (TPSA) is 55.1 Å². The second kappa shape index (κ2) is 4.27. The van der Waals surface area contributed by atoms with Crippen molar-refractivity contribution in [2.45, 2.75) is 13.1 Å². The summed E-state index contributed by atoms with van der Waals surface area (Å²) in [5, 5.41) is 1.97. The Bertz CT molecular complexity index is 212. The minimum Gasteiger partial charge on any atom is -0.330 e. The van der Waals surface area contributed by atoms with Gasteiger partial charge in [-0.2, -0.15) is 13.2 Å². The van der Waals surface area contributed by atoms with Gasteiger partial charge in [0.25, 0.3) is 0 Å². The van der Waals surface area contributed by atoms with Crippen LogP contribution in [0.25, 0.3) is 0 Å². The van der Waals surface area contributed by atoms with E-state index in [1.807, 2.05) is 5.32 Å². The lowest BCUT2D eigenvalue weighted by molar-refractivity contribution is -0.162. The van der Waals surface area contributed by atoms with Gasteiger partial charge >= 0.3 is 6.18 Å². The number of nitrogens with one attached hydrogen (secondary N) is 1. The van der Waals surface area contributed by atoms with Gasteiger partial charge in [0.1, 0.15) is 5.92 Å². The van der Waals surface area contributed by atoms with E-state index in [2.05, 4.69) is 6.58 Å². The number of carbonyl (C=O) groups excluding carboxylic acids is 1. The normalized spacial score (nSPS) is 13.6. The van der Waals surface area contributed by atoms with Crippen LogP contribution < -0.4 is 11.1 Å². The second-order valence-corrected chi connectivity index (χ2v) is 2.54. The molecule has 0 aromatic heterocycles. The fourth-order valence-corrected chi connectivity index (χ4v) is 0.787. The summed E-state index contributed by atoms with van der Waals surface area (Å²) in [4.78, 5) is 10.4. The Balaban J connectivity index is 4.42. The third-order valence-electron chi connectivity index (χ3n) is 1.39. The van der Waals surface area contributed by atoms with Crippen LogP contribution >= 0.6 is 0 Å². The van der Waals surface area contributed by atoms with E-state index in [1.54, 1.807) is 0 Å². The molecule has 1 amide bonds. The van der Waals surface area contributed by atoms with Crippen LogP contribution in [-0.4, -0.2) is 18.6 Å². The molecule has 0 aromatic carbocycles. The lowest BCUT2D eigenvalue weighted by atomic mass is 10.1. The van der Waals surface area contributed by atoms with E-state index in [9.17, 15) is 18.0 Å². The van der Waals surface area contributed by atoms with E-state index in [-0.39, 0.29) is 0 Å². The van der Waals surface area contributed by atoms with E-state index in [0.29, 0.717) is 0 Å². The number of amides is 1. The molecule has 3 N–H and O–H groups in total. The maximum Gasteiger partial charge on any atom is 0.398 e. The summed E-state index contributed by atoms with van der Waals surface area (Å²) in [5.41, 5.74) is 4.49. The van der Waals surface area contributed by atoms with E-state index in [4.69, 9.17) is 5.73 Å². The molecule has 0 aliphatic rings. The Labute approximate surface area is 73.8 Å². The molecule has 0 bridgehead atoms. The summed E-state index contributed by atoms with van der Waals surface area (Å²) < 4.78 is 36.4. The zero-order chi connectivity index (χ0) is 10.6. The van der Waals surface area contributed by atoms with Gasteiger partial charge in [-0.25, -0.2) is 0 Å². The molecule has 0 aliphatic carbocycles. The Morgan fingerprint density at radius 2 is 2.08 bits per heavy atom. The van der Waals surface area contributed by atoms with Crippen LogP contribution in [0.2, 0.25) is 0 Å². The van der Waals surface area contributed by atoms with Crippen LogP contribution in [0.15, 0.2) is 12.3 Å². The zero-order valence-electron chi connectivity index (χ0n) is 7.11. The molecular weight excluding hydrogens is 185 g/mol. The molecule has 0 saturated heterocycles. The summed E-state index contributed by atoms with van der Waals surface area (Å²) in [7, 11) is 0. The summed E-state index contributed by atoms with van der Waals surface area (Å²) in [5.74, 6) is -2.47. The molecule has 0 heterocycles. The number of carbonyl (C=O) groups is 1. The highest BCUT2D eigenvalue weighted by molar-refractivity contribution is 5.74. The predicted octanol–water partition coefficient (Wildman–Crippen LogP) is 0.773. The molecule has 1 atom stereocenters. The van der Waals surface area contributed by atoms with Gasteiger partial charge in [-0.3, -0.25) is 4.79 Å². The van der Waals surface area contributed by atoms with Gasteiger partial charge in [0.05, 0.1) is 0 Å². The molecule has 0 spiro atoms. The molecule has 0 rings (SSSR count). The Kier molecular flexibility index (Phi) is 3.93. The first kappa shape index (κ1) is 12.0. The predicted molar refractivity (Wildman–Crippen MR) is 41.6 cm³/mol. The quantitative estimate of drug-likeness (QED) is 0.700. The largest absolute Gasteiger partial charge is 0.398 e. The van der Waals surface area contributed by atoms with E-state index < -0.39 is 30.2 Å². The maximum absolute atomic E-state index is 12.1. The summed E-state index contributed by atoms with van der Waals surface area (Å²) in [6, 6.07) is 0. The molecule has 1 unspecified atom stereocenters. The van der Waals surface area contributed by atoms with Crippen molar-refractivity contribution in [1.82, 2.24) is 5.32 Å². The number of halogens is 3. The van der Waals surface area contributed by atoms with Crippen molar-refractivity contribution in [2.75, 3.05) is 6.54 Å². The van der Waals surface area contributed by atoms with Crippen LogP contribution in [0.1, 0.15) is 6.92 Å². The molecular formula is C7H11F3N2O. The highest BCUT2D eigenvalue weighted by Gasteiger charge is 2.40. The SMILES string of the molecule is C=C(NC(C)=O)C(CN)C(F)(F)F. The third-order valence-corrected chi connectivity index (χ3v) is 1.39. The van der Waals surface area contributed by atoms with Gasteiger partial charge in [0.15, 0.2) is 0 Å². The zero-order valence-corrected chi connectivity index (χ0v) is 7.11. The van der Waals surface area contributed by atoms with Gasteiger partial charge in [-0.05, 0) is 0 Å². The molecule has 6 heteroatoms. The first-order chi connectivity index (χ1) is 5.79. The van der Waals surface area contributed by atoms with Gasteiger partial charge in [-0.15, -0.1) is 0 Å². The van der Waals surface area contributed by atoms with Crippen LogP contribution in [0.3, 0.4) is 0 Å². The average Bonchev–Trinajstić information content (AvgIpc) is 1.82. The molecule has 0 aliphatic heterocycles. The highest BCUT2D eigenvalue weighted by atomic mass is 19.4. The van der Waals surface area contributed by atoms with Gasteiger partial charge < -0.3 is 11.1 Å². The Hall–Kier alpha value is -1.04. The number of nitrogens with two attached hydrogens (primary N) is 1. The first-order valence-electron chi connectivity index (χ1n) is 3.52.